The number of ketones is 1. The first-order valence-corrected chi connectivity index (χ1v) is 8.51. The number of halogens is 4. The molecule has 18 heavy (non-hydrogen) atoms. The van der Waals surface area contributed by atoms with Crippen LogP contribution in [0.1, 0.15) is 46.0 Å². The molecular weight excluding hydrogens is 366 g/mol. The minimum Gasteiger partial charge on any atom is -1.00 e. The quantitative estimate of drug-likeness (QED) is 0.429. The van der Waals surface area contributed by atoms with Crippen LogP contribution in [-0.2, 0) is 26.5 Å². The summed E-state index contributed by atoms with van der Waals surface area (Å²) in [5.41, 5.74) is 0. The molecule has 0 radical (unpaired) electrons. The largest absolute Gasteiger partial charge is 4.00 e. The van der Waals surface area contributed by atoms with Crippen molar-refractivity contribution in [3.63, 3.8) is 0 Å². The molecule has 0 bridgehead atoms. The Hall–Kier alpha value is 1.76. The van der Waals surface area contributed by atoms with Gasteiger partial charge in [-0.05, 0) is 0 Å². The third-order valence-corrected chi connectivity index (χ3v) is 5.47. The fraction of sp³-hybridized carbons (Fsp3) is 0.909. The fourth-order valence-electron chi connectivity index (χ4n) is 1.56. The van der Waals surface area contributed by atoms with Gasteiger partial charge in [-0.15, -0.1) is 0 Å². The standard InChI is InChI=1S/C6H14Si.C5H10O.4ClH.Ti/c1-7-5-3-2-4-6-7;1-3-5(6)4-2;;;;;/h7H,2-6H2,1H3;3-4H2,1-2H3;4*1H;/q;;;;;;+4/p-4. The third kappa shape index (κ3) is 26.3. The van der Waals surface area contributed by atoms with E-state index in [0.29, 0.717) is 18.6 Å². The van der Waals surface area contributed by atoms with E-state index in [2.05, 4.69) is 6.55 Å². The van der Waals surface area contributed by atoms with Crippen molar-refractivity contribution in [2.45, 2.75) is 64.6 Å². The molecule has 0 N–H and O–H groups in total. The van der Waals surface area contributed by atoms with Crippen molar-refractivity contribution in [2.24, 2.45) is 0 Å². The van der Waals surface area contributed by atoms with Gasteiger partial charge in [0.2, 0.25) is 0 Å². The van der Waals surface area contributed by atoms with Crippen LogP contribution in [0.25, 0.3) is 0 Å². The Kier molecular flexibility index (Phi) is 55.4. The van der Waals surface area contributed by atoms with Crippen LogP contribution in [0.2, 0.25) is 18.6 Å². The Morgan fingerprint density at radius 1 is 0.889 bits per heavy atom. The van der Waals surface area contributed by atoms with Crippen molar-refractivity contribution >= 4 is 14.6 Å². The molecule has 1 rings (SSSR count). The number of hydrogen-bond acceptors (Lipinski definition) is 1. The van der Waals surface area contributed by atoms with Crippen molar-refractivity contribution in [1.82, 2.24) is 0 Å². The molecule has 0 aliphatic carbocycles. The van der Waals surface area contributed by atoms with E-state index in [-0.39, 0.29) is 80.1 Å². The van der Waals surface area contributed by atoms with Crippen LogP contribution in [0.5, 0.6) is 0 Å². The van der Waals surface area contributed by atoms with E-state index >= 15 is 0 Å². The number of carbonyl (C=O) groups is 1. The SMILES string of the molecule is CCC(=O)CC.C[SiH]1CCCCC1.[Cl-].[Cl-].[Cl-].[Cl-].[Ti+4]. The monoisotopic (exact) mass is 388 g/mol. The van der Waals surface area contributed by atoms with E-state index < -0.39 is 0 Å². The Morgan fingerprint density at radius 2 is 1.22 bits per heavy atom. The van der Waals surface area contributed by atoms with Crippen LogP contribution in [0, 0.1) is 0 Å². The first-order valence-electron chi connectivity index (χ1n) is 5.72. The Labute approximate surface area is 154 Å². The molecule has 1 saturated heterocycles. The van der Waals surface area contributed by atoms with Crippen LogP contribution in [0.4, 0.5) is 0 Å². The van der Waals surface area contributed by atoms with Crippen LogP contribution >= 0.6 is 0 Å². The van der Waals surface area contributed by atoms with Gasteiger partial charge in [0.1, 0.15) is 5.78 Å². The van der Waals surface area contributed by atoms with Crippen LogP contribution in [0.15, 0.2) is 0 Å². The predicted molar refractivity (Wildman–Crippen MR) is 62.1 cm³/mol. The second kappa shape index (κ2) is 27.2. The summed E-state index contributed by atoms with van der Waals surface area (Å²) in [6, 6.07) is 3.25. The maximum Gasteiger partial charge on any atom is 4.00 e. The summed E-state index contributed by atoms with van der Waals surface area (Å²) in [5.74, 6) is 0.343. The molecule has 1 aliphatic rings. The van der Waals surface area contributed by atoms with E-state index in [1.807, 2.05) is 13.8 Å². The summed E-state index contributed by atoms with van der Waals surface area (Å²) < 4.78 is 0. The van der Waals surface area contributed by atoms with Gasteiger partial charge in [-0.3, -0.25) is 4.79 Å². The smallest absolute Gasteiger partial charge is 1.00 e. The van der Waals surface area contributed by atoms with Gasteiger partial charge < -0.3 is 49.6 Å². The molecule has 0 aromatic heterocycles. The molecule has 0 amide bonds. The fourth-order valence-corrected chi connectivity index (χ4v) is 3.82. The van der Waals surface area contributed by atoms with E-state index in [1.54, 1.807) is 24.9 Å². The van der Waals surface area contributed by atoms with Crippen LogP contribution in [-0.4, -0.2) is 14.6 Å². The summed E-state index contributed by atoms with van der Waals surface area (Å²) in [6.07, 6.45) is 6.01. The predicted octanol–water partition coefficient (Wildman–Crippen LogP) is -8.58. The minimum absolute atomic E-state index is 0. The van der Waals surface area contributed by atoms with Crippen molar-refractivity contribution in [2.75, 3.05) is 0 Å². The second-order valence-corrected chi connectivity index (χ2v) is 7.35. The Balaban J connectivity index is -0.0000000316. The normalized spacial score (nSPS) is 12.6. The average molecular weight is 390 g/mol. The van der Waals surface area contributed by atoms with Crippen LogP contribution in [0.3, 0.4) is 0 Å². The molecule has 1 heterocycles. The first kappa shape index (κ1) is 36.7. The zero-order valence-electron chi connectivity index (χ0n) is 11.4. The first-order chi connectivity index (χ1) is 6.20. The topological polar surface area (TPSA) is 17.1 Å². The van der Waals surface area contributed by atoms with E-state index in [4.69, 9.17) is 0 Å². The molecule has 1 fully saturated rings. The summed E-state index contributed by atoms with van der Waals surface area (Å²) in [7, 11) is -0.0945. The molecule has 0 saturated carbocycles. The molecule has 110 valence electrons. The maximum absolute atomic E-state index is 10.2. The number of Topliss-reactive ketones (excluding diaryl/α,β-unsaturated/α-hetero) is 1. The number of carbonyl (C=O) groups excluding carboxylic acids is 1. The van der Waals surface area contributed by atoms with Gasteiger partial charge in [0.15, 0.2) is 0 Å². The minimum atomic E-state index is -0.0945. The Bertz CT molecular complexity index is 141. The molecule has 0 atom stereocenters. The molecule has 1 nitrogen and oxygen atoms in total. The van der Waals surface area contributed by atoms with Gasteiger partial charge in [0, 0.05) is 21.6 Å². The average Bonchev–Trinajstić information content (AvgIpc) is 2.19. The summed E-state index contributed by atoms with van der Waals surface area (Å²) in [4.78, 5) is 10.2. The van der Waals surface area contributed by atoms with E-state index in [9.17, 15) is 4.79 Å². The van der Waals surface area contributed by atoms with E-state index in [0.717, 1.165) is 0 Å². The summed E-state index contributed by atoms with van der Waals surface area (Å²) in [6.45, 7) is 6.26. The number of rotatable bonds is 2. The zero-order chi connectivity index (χ0) is 10.1. The molecule has 1 aliphatic heterocycles. The zero-order valence-corrected chi connectivity index (χ0v) is 17.2. The van der Waals surface area contributed by atoms with Gasteiger partial charge in [-0.25, -0.2) is 0 Å². The second-order valence-electron chi connectivity index (χ2n) is 3.99. The van der Waals surface area contributed by atoms with Gasteiger partial charge >= 0.3 is 21.7 Å². The van der Waals surface area contributed by atoms with Crippen molar-refractivity contribution in [1.29, 1.82) is 0 Å². The van der Waals surface area contributed by atoms with Crippen LogP contribution < -0.4 is 49.6 Å². The van der Waals surface area contributed by atoms with Gasteiger partial charge in [0.25, 0.3) is 0 Å². The maximum atomic E-state index is 10.2. The van der Waals surface area contributed by atoms with Gasteiger partial charge in [0.05, 0.1) is 0 Å². The third-order valence-electron chi connectivity index (χ3n) is 2.68. The summed E-state index contributed by atoms with van der Waals surface area (Å²) in [5, 5.41) is 0. The van der Waals surface area contributed by atoms with Crippen molar-refractivity contribution < 1.29 is 76.1 Å². The van der Waals surface area contributed by atoms with Crippen molar-refractivity contribution in [3.05, 3.63) is 0 Å². The molecule has 0 spiro atoms. The molecular formula is C11H24Cl4OSiTi. The van der Waals surface area contributed by atoms with Crippen molar-refractivity contribution in [3.8, 4) is 0 Å². The number of hydrogen-bond donors (Lipinski definition) is 0. The molecule has 0 unspecified atom stereocenters. The molecule has 7 heteroatoms. The molecule has 0 aromatic carbocycles. The molecule has 0 aromatic rings. The van der Waals surface area contributed by atoms with Gasteiger partial charge in [-0.2, -0.15) is 0 Å². The summed E-state index contributed by atoms with van der Waals surface area (Å²) >= 11 is 0. The van der Waals surface area contributed by atoms with E-state index in [1.165, 1.54) is 6.42 Å². The Morgan fingerprint density at radius 3 is 1.33 bits per heavy atom. The van der Waals surface area contributed by atoms with Gasteiger partial charge in [-0.1, -0.05) is 51.7 Å².